The maximum atomic E-state index is 12.7. The Bertz CT molecular complexity index is 386. The molecule has 2 aliphatic heterocycles. The molecule has 2 amide bonds. The van der Waals surface area contributed by atoms with Crippen molar-refractivity contribution >= 4 is 11.8 Å². The molecule has 3 unspecified atom stereocenters. The van der Waals surface area contributed by atoms with Gasteiger partial charge in [0.1, 0.15) is 12.1 Å². The average Bonchev–Trinajstić information content (AvgIpc) is 2.80. The highest BCUT2D eigenvalue weighted by Gasteiger charge is 2.49. The molecule has 2 heterocycles. The standard InChI is InChI=1S/C15H26N2O2/c1-6-11-13(18)16-9-7-8-12(16)14(19)17(11)10(2)15(3,4)5/h10-12H,6-9H2,1-5H3. The Balaban J connectivity index is 2.34. The first kappa shape index (κ1) is 14.4. The minimum Gasteiger partial charge on any atom is -0.329 e. The number of fused-ring (bicyclic) bond motifs is 1. The van der Waals surface area contributed by atoms with Crippen LogP contribution in [0.1, 0.15) is 53.9 Å². The monoisotopic (exact) mass is 266 g/mol. The summed E-state index contributed by atoms with van der Waals surface area (Å²) >= 11 is 0. The molecule has 108 valence electrons. The van der Waals surface area contributed by atoms with Crippen molar-refractivity contribution in [3.05, 3.63) is 0 Å². The van der Waals surface area contributed by atoms with E-state index in [1.54, 1.807) is 0 Å². The van der Waals surface area contributed by atoms with Crippen LogP contribution >= 0.6 is 0 Å². The predicted molar refractivity (Wildman–Crippen MR) is 74.6 cm³/mol. The molecular weight excluding hydrogens is 240 g/mol. The van der Waals surface area contributed by atoms with Crippen LogP contribution in [0.25, 0.3) is 0 Å². The van der Waals surface area contributed by atoms with Gasteiger partial charge in [-0.3, -0.25) is 9.59 Å². The van der Waals surface area contributed by atoms with Crippen molar-refractivity contribution in [2.75, 3.05) is 6.54 Å². The lowest BCUT2D eigenvalue weighted by Gasteiger charge is -2.48. The molecule has 0 aromatic heterocycles. The van der Waals surface area contributed by atoms with Crippen LogP contribution in [0, 0.1) is 5.41 Å². The number of nitrogens with zero attached hydrogens (tertiary/aromatic N) is 2. The highest BCUT2D eigenvalue weighted by molar-refractivity contribution is 5.97. The second kappa shape index (κ2) is 4.80. The maximum absolute atomic E-state index is 12.7. The van der Waals surface area contributed by atoms with E-state index < -0.39 is 0 Å². The molecule has 0 aliphatic carbocycles. The second-order valence-corrected chi connectivity index (χ2v) is 6.90. The molecule has 0 aromatic rings. The van der Waals surface area contributed by atoms with Crippen LogP contribution in [0.4, 0.5) is 0 Å². The first-order valence-corrected chi connectivity index (χ1v) is 7.41. The molecule has 19 heavy (non-hydrogen) atoms. The van der Waals surface area contributed by atoms with Crippen molar-refractivity contribution in [3.8, 4) is 0 Å². The number of hydrogen-bond acceptors (Lipinski definition) is 2. The summed E-state index contributed by atoms with van der Waals surface area (Å²) in [5.41, 5.74) is -0.00979. The fourth-order valence-corrected chi connectivity index (χ4v) is 3.17. The van der Waals surface area contributed by atoms with Crippen LogP contribution in [0.3, 0.4) is 0 Å². The fraction of sp³-hybridized carbons (Fsp3) is 0.867. The summed E-state index contributed by atoms with van der Waals surface area (Å²) in [7, 11) is 0. The Morgan fingerprint density at radius 3 is 2.42 bits per heavy atom. The molecule has 4 heteroatoms. The van der Waals surface area contributed by atoms with Gasteiger partial charge in [-0.25, -0.2) is 0 Å². The Labute approximate surface area is 116 Å². The molecule has 0 N–H and O–H groups in total. The fourth-order valence-electron chi connectivity index (χ4n) is 3.17. The third-order valence-corrected chi connectivity index (χ3v) is 4.75. The van der Waals surface area contributed by atoms with Gasteiger partial charge in [0.25, 0.3) is 0 Å². The van der Waals surface area contributed by atoms with Crippen LogP contribution in [-0.2, 0) is 9.59 Å². The van der Waals surface area contributed by atoms with E-state index in [0.717, 1.165) is 19.4 Å². The predicted octanol–water partition coefficient (Wildman–Crippen LogP) is 2.03. The molecule has 0 aromatic carbocycles. The minimum absolute atomic E-state index is 0.00979. The third-order valence-electron chi connectivity index (χ3n) is 4.75. The van der Waals surface area contributed by atoms with E-state index in [0.29, 0.717) is 6.42 Å². The van der Waals surface area contributed by atoms with Crippen LogP contribution in [-0.4, -0.2) is 46.3 Å². The van der Waals surface area contributed by atoms with Crippen molar-refractivity contribution < 1.29 is 9.59 Å². The van der Waals surface area contributed by atoms with Gasteiger partial charge >= 0.3 is 0 Å². The Kier molecular flexibility index (Phi) is 3.63. The molecule has 0 bridgehead atoms. The van der Waals surface area contributed by atoms with Crippen LogP contribution in [0.15, 0.2) is 0 Å². The summed E-state index contributed by atoms with van der Waals surface area (Å²) < 4.78 is 0. The smallest absolute Gasteiger partial charge is 0.246 e. The first-order chi connectivity index (χ1) is 8.79. The van der Waals surface area contributed by atoms with Gasteiger partial charge in [0.2, 0.25) is 11.8 Å². The van der Waals surface area contributed by atoms with Gasteiger partial charge in [-0.05, 0) is 31.6 Å². The molecule has 0 radical (unpaired) electrons. The normalized spacial score (nSPS) is 29.7. The van der Waals surface area contributed by atoms with Crippen LogP contribution < -0.4 is 0 Å². The highest BCUT2D eigenvalue weighted by Crippen LogP contribution is 2.34. The van der Waals surface area contributed by atoms with Gasteiger partial charge < -0.3 is 9.80 Å². The summed E-state index contributed by atoms with van der Waals surface area (Å²) in [5.74, 6) is 0.312. The zero-order valence-corrected chi connectivity index (χ0v) is 12.8. The minimum atomic E-state index is -0.268. The molecule has 0 saturated carbocycles. The Hall–Kier alpha value is -1.06. The summed E-state index contributed by atoms with van der Waals surface area (Å²) in [5, 5.41) is 0. The molecule has 2 fully saturated rings. The van der Waals surface area contributed by atoms with Gasteiger partial charge in [-0.2, -0.15) is 0 Å². The van der Waals surface area contributed by atoms with E-state index in [9.17, 15) is 9.59 Å². The van der Waals surface area contributed by atoms with Crippen molar-refractivity contribution in [1.82, 2.24) is 9.80 Å². The largest absolute Gasteiger partial charge is 0.329 e. The van der Waals surface area contributed by atoms with Gasteiger partial charge in [0.15, 0.2) is 0 Å². The van der Waals surface area contributed by atoms with Gasteiger partial charge in [-0.15, -0.1) is 0 Å². The van der Waals surface area contributed by atoms with E-state index >= 15 is 0 Å². The number of piperazine rings is 1. The van der Waals surface area contributed by atoms with Crippen molar-refractivity contribution in [2.45, 2.75) is 72.0 Å². The lowest BCUT2D eigenvalue weighted by atomic mass is 9.84. The van der Waals surface area contributed by atoms with Crippen LogP contribution in [0.2, 0.25) is 0 Å². The molecule has 2 rings (SSSR count). The second-order valence-electron chi connectivity index (χ2n) is 6.90. The van der Waals surface area contributed by atoms with E-state index in [-0.39, 0.29) is 35.4 Å². The Morgan fingerprint density at radius 2 is 1.89 bits per heavy atom. The van der Waals surface area contributed by atoms with E-state index in [4.69, 9.17) is 0 Å². The summed E-state index contributed by atoms with van der Waals surface area (Å²) in [6.45, 7) is 11.2. The zero-order chi connectivity index (χ0) is 14.4. The summed E-state index contributed by atoms with van der Waals surface area (Å²) in [6.07, 6.45) is 2.49. The van der Waals surface area contributed by atoms with Gasteiger partial charge in [-0.1, -0.05) is 27.7 Å². The van der Waals surface area contributed by atoms with Gasteiger partial charge in [0.05, 0.1) is 0 Å². The lowest BCUT2D eigenvalue weighted by Crippen LogP contribution is -2.66. The van der Waals surface area contributed by atoms with E-state index in [1.165, 1.54) is 0 Å². The number of hydrogen-bond donors (Lipinski definition) is 0. The van der Waals surface area contributed by atoms with Crippen molar-refractivity contribution in [1.29, 1.82) is 0 Å². The maximum Gasteiger partial charge on any atom is 0.246 e. The van der Waals surface area contributed by atoms with Crippen LogP contribution in [0.5, 0.6) is 0 Å². The van der Waals surface area contributed by atoms with E-state index in [1.807, 2.05) is 16.7 Å². The highest BCUT2D eigenvalue weighted by atomic mass is 16.2. The SMILES string of the molecule is CCC1C(=O)N2CCCC2C(=O)N1C(C)C(C)(C)C. The Morgan fingerprint density at radius 1 is 1.26 bits per heavy atom. The molecular formula is C15H26N2O2. The zero-order valence-electron chi connectivity index (χ0n) is 12.8. The third kappa shape index (κ3) is 2.26. The number of rotatable bonds is 2. The number of amides is 2. The quantitative estimate of drug-likeness (QED) is 0.767. The topological polar surface area (TPSA) is 40.6 Å². The van der Waals surface area contributed by atoms with Crippen molar-refractivity contribution in [2.24, 2.45) is 5.41 Å². The first-order valence-electron chi connectivity index (χ1n) is 7.41. The average molecular weight is 266 g/mol. The number of carbonyl (C=O) groups is 2. The molecule has 0 spiro atoms. The molecule has 4 nitrogen and oxygen atoms in total. The number of carbonyl (C=O) groups excluding carboxylic acids is 2. The molecule has 2 saturated heterocycles. The summed E-state index contributed by atoms with van der Waals surface area (Å²) in [4.78, 5) is 29.0. The summed E-state index contributed by atoms with van der Waals surface area (Å²) in [6, 6.07) is -0.382. The van der Waals surface area contributed by atoms with Gasteiger partial charge in [0, 0.05) is 12.6 Å². The van der Waals surface area contributed by atoms with E-state index in [2.05, 4.69) is 27.7 Å². The molecule has 3 atom stereocenters. The molecule has 2 aliphatic rings. The lowest BCUT2D eigenvalue weighted by molar-refractivity contribution is -0.164. The van der Waals surface area contributed by atoms with Crippen molar-refractivity contribution in [3.63, 3.8) is 0 Å².